The number of hydrogen-bond acceptors (Lipinski definition) is 4. The number of amides is 1. The third kappa shape index (κ3) is 3.13. The molecule has 100 valence electrons. The first-order chi connectivity index (χ1) is 8.90. The van der Waals surface area contributed by atoms with E-state index in [2.05, 4.69) is 26.2 Å². The molecule has 1 aromatic carbocycles. The maximum Gasteiger partial charge on any atom is 0.255 e. The average Bonchev–Trinajstić information content (AvgIpc) is 2.81. The van der Waals surface area contributed by atoms with Crippen LogP contribution in [0.5, 0.6) is 5.75 Å². The van der Waals surface area contributed by atoms with Crippen LogP contribution in [0.25, 0.3) is 0 Å². The molecule has 0 saturated carbocycles. The quantitative estimate of drug-likeness (QED) is 0.901. The van der Waals surface area contributed by atoms with Gasteiger partial charge >= 0.3 is 0 Å². The van der Waals surface area contributed by atoms with Crippen molar-refractivity contribution in [2.75, 3.05) is 0 Å². The monoisotopic (exact) mass is 340 g/mol. The highest BCUT2D eigenvalue weighted by molar-refractivity contribution is 9.10. The molecular formula is C13H13BrN2O2S. The van der Waals surface area contributed by atoms with Gasteiger partial charge in [0.25, 0.3) is 5.91 Å². The van der Waals surface area contributed by atoms with Crippen LogP contribution in [0.2, 0.25) is 0 Å². The summed E-state index contributed by atoms with van der Waals surface area (Å²) in [5, 5.41) is 15.3. The van der Waals surface area contributed by atoms with Crippen LogP contribution in [0.1, 0.15) is 29.2 Å². The number of aromatic hydroxyl groups is 1. The molecule has 2 aromatic rings. The van der Waals surface area contributed by atoms with E-state index < -0.39 is 5.54 Å². The van der Waals surface area contributed by atoms with Gasteiger partial charge in [0.05, 0.1) is 11.1 Å². The predicted molar refractivity (Wildman–Crippen MR) is 78.4 cm³/mol. The molecule has 0 aliphatic carbocycles. The van der Waals surface area contributed by atoms with Gasteiger partial charge in [-0.3, -0.25) is 4.79 Å². The number of nitrogens with one attached hydrogen (secondary N) is 1. The molecule has 0 bridgehead atoms. The summed E-state index contributed by atoms with van der Waals surface area (Å²) in [5.74, 6) is -0.382. The van der Waals surface area contributed by atoms with Gasteiger partial charge in [0.1, 0.15) is 10.8 Å². The van der Waals surface area contributed by atoms with Crippen molar-refractivity contribution in [1.29, 1.82) is 0 Å². The summed E-state index contributed by atoms with van der Waals surface area (Å²) in [6.07, 6.45) is 1.70. The van der Waals surface area contributed by atoms with Crippen LogP contribution in [-0.4, -0.2) is 16.0 Å². The number of benzene rings is 1. The highest BCUT2D eigenvalue weighted by Crippen LogP contribution is 2.26. The molecule has 1 aromatic heterocycles. The van der Waals surface area contributed by atoms with E-state index in [0.717, 1.165) is 9.48 Å². The normalized spacial score (nSPS) is 11.3. The predicted octanol–water partition coefficient (Wildman–Crippen LogP) is 3.28. The zero-order valence-corrected chi connectivity index (χ0v) is 12.9. The van der Waals surface area contributed by atoms with Gasteiger partial charge in [-0.05, 0) is 32.0 Å². The van der Waals surface area contributed by atoms with E-state index in [1.807, 2.05) is 19.2 Å². The second kappa shape index (κ2) is 5.30. The van der Waals surface area contributed by atoms with Crippen molar-refractivity contribution in [2.24, 2.45) is 0 Å². The number of carbonyl (C=O) groups excluding carboxylic acids is 1. The van der Waals surface area contributed by atoms with Crippen LogP contribution in [0.4, 0.5) is 0 Å². The zero-order chi connectivity index (χ0) is 14.0. The summed E-state index contributed by atoms with van der Waals surface area (Å²) >= 11 is 4.72. The SMILES string of the molecule is CC(C)(NC(=O)c1ccc(Br)cc1O)c1nccs1. The van der Waals surface area contributed by atoms with Crippen molar-refractivity contribution >= 4 is 33.2 Å². The van der Waals surface area contributed by atoms with Crippen molar-refractivity contribution < 1.29 is 9.90 Å². The Morgan fingerprint density at radius 3 is 2.79 bits per heavy atom. The lowest BCUT2D eigenvalue weighted by Gasteiger charge is -2.24. The van der Waals surface area contributed by atoms with Crippen molar-refractivity contribution in [3.05, 3.63) is 44.8 Å². The van der Waals surface area contributed by atoms with E-state index in [0.29, 0.717) is 0 Å². The number of nitrogens with zero attached hydrogens (tertiary/aromatic N) is 1. The van der Waals surface area contributed by atoms with Gasteiger partial charge in [0.15, 0.2) is 0 Å². The topological polar surface area (TPSA) is 62.2 Å². The molecule has 0 radical (unpaired) electrons. The Morgan fingerprint density at radius 1 is 1.47 bits per heavy atom. The van der Waals surface area contributed by atoms with Crippen molar-refractivity contribution in [2.45, 2.75) is 19.4 Å². The van der Waals surface area contributed by atoms with Crippen LogP contribution in [0.3, 0.4) is 0 Å². The molecule has 0 spiro atoms. The Kier molecular flexibility index (Phi) is 3.91. The summed E-state index contributed by atoms with van der Waals surface area (Å²) in [7, 11) is 0. The fraction of sp³-hybridized carbons (Fsp3) is 0.231. The molecule has 6 heteroatoms. The molecule has 19 heavy (non-hydrogen) atoms. The molecule has 0 aliphatic rings. The number of carbonyl (C=O) groups is 1. The van der Waals surface area contributed by atoms with Crippen LogP contribution in [-0.2, 0) is 5.54 Å². The molecule has 0 saturated heterocycles. The van der Waals surface area contributed by atoms with E-state index in [-0.39, 0.29) is 17.2 Å². The van der Waals surface area contributed by atoms with Crippen LogP contribution < -0.4 is 5.32 Å². The number of phenols is 1. The first kappa shape index (κ1) is 14.0. The number of hydrogen-bond donors (Lipinski definition) is 2. The van der Waals surface area contributed by atoms with E-state index >= 15 is 0 Å². The summed E-state index contributed by atoms with van der Waals surface area (Å²) in [6, 6.07) is 4.78. The molecule has 1 heterocycles. The second-order valence-electron chi connectivity index (χ2n) is 4.58. The average molecular weight is 341 g/mol. The van der Waals surface area contributed by atoms with Gasteiger partial charge in [-0.15, -0.1) is 11.3 Å². The maximum absolute atomic E-state index is 12.2. The molecule has 4 nitrogen and oxygen atoms in total. The fourth-order valence-corrected chi connectivity index (χ4v) is 2.70. The molecule has 0 atom stereocenters. The van der Waals surface area contributed by atoms with Gasteiger partial charge in [-0.2, -0.15) is 0 Å². The minimum atomic E-state index is -0.579. The lowest BCUT2D eigenvalue weighted by atomic mass is 10.1. The van der Waals surface area contributed by atoms with E-state index in [1.54, 1.807) is 18.3 Å². The number of rotatable bonds is 3. The lowest BCUT2D eigenvalue weighted by Crippen LogP contribution is -2.40. The van der Waals surface area contributed by atoms with Crippen molar-refractivity contribution in [3.63, 3.8) is 0 Å². The van der Waals surface area contributed by atoms with Crippen LogP contribution in [0.15, 0.2) is 34.2 Å². The Hall–Kier alpha value is -1.40. The molecule has 1 amide bonds. The van der Waals surface area contributed by atoms with Gasteiger partial charge in [0, 0.05) is 16.0 Å². The minimum Gasteiger partial charge on any atom is -0.507 e. The molecule has 2 N–H and O–H groups in total. The first-order valence-electron chi connectivity index (χ1n) is 5.61. The highest BCUT2D eigenvalue weighted by atomic mass is 79.9. The molecule has 0 unspecified atom stereocenters. The van der Waals surface area contributed by atoms with Gasteiger partial charge in [0.2, 0.25) is 0 Å². The van der Waals surface area contributed by atoms with Crippen LogP contribution >= 0.6 is 27.3 Å². The summed E-state index contributed by atoms with van der Waals surface area (Å²) in [6.45, 7) is 3.75. The maximum atomic E-state index is 12.2. The number of thiazole rings is 1. The molecule has 2 rings (SSSR count). The largest absolute Gasteiger partial charge is 0.507 e. The Bertz CT molecular complexity index is 597. The van der Waals surface area contributed by atoms with E-state index in [4.69, 9.17) is 0 Å². The van der Waals surface area contributed by atoms with Gasteiger partial charge in [-0.1, -0.05) is 15.9 Å². The molecule has 0 aliphatic heterocycles. The Labute approximate surface area is 123 Å². The van der Waals surface area contributed by atoms with E-state index in [1.165, 1.54) is 17.4 Å². The molecule has 0 fully saturated rings. The highest BCUT2D eigenvalue weighted by Gasteiger charge is 2.26. The van der Waals surface area contributed by atoms with Gasteiger partial charge < -0.3 is 10.4 Å². The van der Waals surface area contributed by atoms with Gasteiger partial charge in [-0.25, -0.2) is 4.98 Å². The standard InChI is InChI=1S/C13H13BrN2O2S/c1-13(2,12-15-5-6-19-12)16-11(18)9-4-3-8(14)7-10(9)17/h3-7,17H,1-2H3,(H,16,18). The Morgan fingerprint density at radius 2 is 2.21 bits per heavy atom. The van der Waals surface area contributed by atoms with Crippen molar-refractivity contribution in [1.82, 2.24) is 10.3 Å². The number of aromatic nitrogens is 1. The lowest BCUT2D eigenvalue weighted by molar-refractivity contribution is 0.0909. The fourth-order valence-electron chi connectivity index (χ4n) is 1.63. The second-order valence-corrected chi connectivity index (χ2v) is 6.39. The van der Waals surface area contributed by atoms with E-state index in [9.17, 15) is 9.90 Å². The summed E-state index contributed by atoms with van der Waals surface area (Å²) in [4.78, 5) is 16.4. The van der Waals surface area contributed by atoms with Crippen molar-refractivity contribution in [3.8, 4) is 5.75 Å². The smallest absolute Gasteiger partial charge is 0.255 e. The number of halogens is 1. The molecular weight excluding hydrogens is 328 g/mol. The zero-order valence-electron chi connectivity index (χ0n) is 10.5. The third-order valence-corrected chi connectivity index (χ3v) is 4.19. The summed E-state index contributed by atoms with van der Waals surface area (Å²) in [5.41, 5.74) is -0.335. The summed E-state index contributed by atoms with van der Waals surface area (Å²) < 4.78 is 0.723. The third-order valence-electron chi connectivity index (χ3n) is 2.60. The Balaban J connectivity index is 2.21. The first-order valence-corrected chi connectivity index (χ1v) is 7.28. The van der Waals surface area contributed by atoms with Crippen LogP contribution in [0, 0.1) is 0 Å². The minimum absolute atomic E-state index is 0.0539. The number of phenolic OH excluding ortho intramolecular Hbond substituents is 1.